The molecule has 2 heteroatoms. The van der Waals surface area contributed by atoms with Crippen LogP contribution in [0, 0.1) is 5.41 Å². The van der Waals surface area contributed by atoms with Crippen LogP contribution >= 0.6 is 0 Å². The highest BCUT2D eigenvalue weighted by molar-refractivity contribution is 5.47. The Morgan fingerprint density at radius 1 is 0.900 bits per heavy atom. The van der Waals surface area contributed by atoms with Gasteiger partial charge in [-0.15, -0.1) is 0 Å². The topological polar surface area (TPSA) is 21.3 Å². The number of benzene rings is 2. The van der Waals surface area contributed by atoms with Crippen molar-refractivity contribution >= 4 is 5.69 Å². The molecule has 0 radical (unpaired) electrons. The summed E-state index contributed by atoms with van der Waals surface area (Å²) >= 11 is 0. The Kier molecular flexibility index (Phi) is 4.67. The Labute approximate surface area is 121 Å². The van der Waals surface area contributed by atoms with Gasteiger partial charge in [0.25, 0.3) is 0 Å². The van der Waals surface area contributed by atoms with E-state index in [9.17, 15) is 0 Å². The first-order valence-electron chi connectivity index (χ1n) is 7.16. The second kappa shape index (κ2) is 6.47. The molecule has 106 valence electrons. The predicted molar refractivity (Wildman–Crippen MR) is 85.5 cm³/mol. The molecule has 0 atom stereocenters. The first-order chi connectivity index (χ1) is 9.59. The molecule has 0 unspecified atom stereocenters. The fourth-order valence-electron chi connectivity index (χ4n) is 1.73. The lowest BCUT2D eigenvalue weighted by Crippen LogP contribution is -2.21. The third-order valence-corrected chi connectivity index (χ3v) is 3.56. The zero-order chi connectivity index (χ0) is 14.4. The summed E-state index contributed by atoms with van der Waals surface area (Å²) in [4.78, 5) is 0. The van der Waals surface area contributed by atoms with Crippen molar-refractivity contribution in [1.29, 1.82) is 0 Å². The first-order valence-corrected chi connectivity index (χ1v) is 7.16. The van der Waals surface area contributed by atoms with E-state index < -0.39 is 0 Å². The molecule has 2 aromatic rings. The second-order valence-corrected chi connectivity index (χ2v) is 5.81. The zero-order valence-electron chi connectivity index (χ0n) is 12.5. The molecule has 0 amide bonds. The SMILES string of the molecule is CCC(C)(C)CNc1ccc(Oc2ccccc2)cc1. The molecular weight excluding hydrogens is 246 g/mol. The standard InChI is InChI=1S/C18H23NO/c1-4-18(2,3)14-19-15-10-12-17(13-11-15)20-16-8-6-5-7-9-16/h5-13,19H,4,14H2,1-3H3. The maximum absolute atomic E-state index is 5.77. The van der Waals surface area contributed by atoms with Gasteiger partial charge in [-0.05, 0) is 48.2 Å². The van der Waals surface area contributed by atoms with Gasteiger partial charge in [-0.3, -0.25) is 0 Å². The van der Waals surface area contributed by atoms with Crippen LogP contribution in [0.5, 0.6) is 11.5 Å². The summed E-state index contributed by atoms with van der Waals surface area (Å²) in [7, 11) is 0. The van der Waals surface area contributed by atoms with Crippen molar-refractivity contribution in [1.82, 2.24) is 0 Å². The van der Waals surface area contributed by atoms with Crippen LogP contribution in [0.15, 0.2) is 54.6 Å². The Balaban J connectivity index is 1.93. The van der Waals surface area contributed by atoms with Crippen molar-refractivity contribution in [3.8, 4) is 11.5 Å². The van der Waals surface area contributed by atoms with Gasteiger partial charge in [-0.25, -0.2) is 0 Å². The quantitative estimate of drug-likeness (QED) is 0.765. The number of anilines is 1. The van der Waals surface area contributed by atoms with Crippen LogP contribution in [0.3, 0.4) is 0 Å². The molecule has 0 fully saturated rings. The molecule has 0 aliphatic rings. The van der Waals surface area contributed by atoms with Crippen LogP contribution in [0.25, 0.3) is 0 Å². The van der Waals surface area contributed by atoms with E-state index in [2.05, 4.69) is 38.2 Å². The van der Waals surface area contributed by atoms with E-state index in [1.54, 1.807) is 0 Å². The van der Waals surface area contributed by atoms with Crippen LogP contribution in [0.2, 0.25) is 0 Å². The molecule has 0 aromatic heterocycles. The van der Waals surface area contributed by atoms with Crippen LogP contribution in [0.1, 0.15) is 27.2 Å². The summed E-state index contributed by atoms with van der Waals surface area (Å²) in [6.45, 7) is 7.74. The highest BCUT2D eigenvalue weighted by Gasteiger charge is 2.14. The molecule has 2 rings (SSSR count). The molecule has 1 N–H and O–H groups in total. The van der Waals surface area contributed by atoms with E-state index in [1.165, 1.54) is 0 Å². The lowest BCUT2D eigenvalue weighted by molar-refractivity contribution is 0.377. The minimum Gasteiger partial charge on any atom is -0.457 e. The molecule has 2 nitrogen and oxygen atoms in total. The van der Waals surface area contributed by atoms with Crippen molar-refractivity contribution in [3.05, 3.63) is 54.6 Å². The Morgan fingerprint density at radius 3 is 2.10 bits per heavy atom. The van der Waals surface area contributed by atoms with Crippen LogP contribution in [-0.4, -0.2) is 6.54 Å². The molecular formula is C18H23NO. The molecule has 0 aliphatic heterocycles. The van der Waals surface area contributed by atoms with Crippen molar-refractivity contribution < 1.29 is 4.74 Å². The fraction of sp³-hybridized carbons (Fsp3) is 0.333. The third kappa shape index (κ3) is 4.30. The van der Waals surface area contributed by atoms with Crippen LogP contribution < -0.4 is 10.1 Å². The zero-order valence-corrected chi connectivity index (χ0v) is 12.5. The monoisotopic (exact) mass is 269 g/mol. The largest absolute Gasteiger partial charge is 0.457 e. The van der Waals surface area contributed by atoms with Crippen molar-refractivity contribution in [2.75, 3.05) is 11.9 Å². The number of nitrogens with one attached hydrogen (secondary N) is 1. The molecule has 20 heavy (non-hydrogen) atoms. The molecule has 0 aliphatic carbocycles. The van der Waals surface area contributed by atoms with Gasteiger partial charge in [0.2, 0.25) is 0 Å². The van der Waals surface area contributed by atoms with Gasteiger partial charge >= 0.3 is 0 Å². The molecule has 0 bridgehead atoms. The first kappa shape index (κ1) is 14.4. The fourth-order valence-corrected chi connectivity index (χ4v) is 1.73. The Bertz CT molecular complexity index is 517. The maximum Gasteiger partial charge on any atom is 0.127 e. The lowest BCUT2D eigenvalue weighted by Gasteiger charge is -2.23. The summed E-state index contributed by atoms with van der Waals surface area (Å²) in [6, 6.07) is 17.9. The molecule has 0 spiro atoms. The normalized spacial score (nSPS) is 11.2. The van der Waals surface area contributed by atoms with Gasteiger partial charge in [0.15, 0.2) is 0 Å². The van der Waals surface area contributed by atoms with E-state index in [4.69, 9.17) is 4.74 Å². The highest BCUT2D eigenvalue weighted by Crippen LogP contribution is 2.24. The maximum atomic E-state index is 5.77. The van der Waals surface area contributed by atoms with Gasteiger partial charge < -0.3 is 10.1 Å². The van der Waals surface area contributed by atoms with Gasteiger partial charge in [-0.1, -0.05) is 39.0 Å². The second-order valence-electron chi connectivity index (χ2n) is 5.81. The van der Waals surface area contributed by atoms with Crippen LogP contribution in [0.4, 0.5) is 5.69 Å². The van der Waals surface area contributed by atoms with E-state index in [0.29, 0.717) is 5.41 Å². The highest BCUT2D eigenvalue weighted by atomic mass is 16.5. The summed E-state index contributed by atoms with van der Waals surface area (Å²) in [5.41, 5.74) is 1.45. The average molecular weight is 269 g/mol. The third-order valence-electron chi connectivity index (χ3n) is 3.56. The summed E-state index contributed by atoms with van der Waals surface area (Å²) in [6.07, 6.45) is 1.16. The molecule has 2 aromatic carbocycles. The van der Waals surface area contributed by atoms with Crippen molar-refractivity contribution in [2.45, 2.75) is 27.2 Å². The number of ether oxygens (including phenoxy) is 1. The number of rotatable bonds is 6. The predicted octanol–water partition coefficient (Wildman–Crippen LogP) is 5.33. The van der Waals surface area contributed by atoms with E-state index in [1.807, 2.05) is 42.5 Å². The number of hydrogen-bond donors (Lipinski definition) is 1. The van der Waals surface area contributed by atoms with E-state index >= 15 is 0 Å². The lowest BCUT2D eigenvalue weighted by atomic mass is 9.90. The Hall–Kier alpha value is -1.96. The van der Waals surface area contributed by atoms with Gasteiger partial charge in [-0.2, -0.15) is 0 Å². The average Bonchev–Trinajstić information content (AvgIpc) is 2.48. The number of hydrogen-bond acceptors (Lipinski definition) is 2. The molecule has 0 heterocycles. The minimum atomic E-state index is 0.319. The smallest absolute Gasteiger partial charge is 0.127 e. The van der Waals surface area contributed by atoms with Crippen LogP contribution in [-0.2, 0) is 0 Å². The van der Waals surface area contributed by atoms with Crippen molar-refractivity contribution in [2.24, 2.45) is 5.41 Å². The summed E-state index contributed by atoms with van der Waals surface area (Å²) < 4.78 is 5.77. The van der Waals surface area contributed by atoms with Gasteiger partial charge in [0.1, 0.15) is 11.5 Å². The van der Waals surface area contributed by atoms with E-state index in [-0.39, 0.29) is 0 Å². The summed E-state index contributed by atoms with van der Waals surface area (Å²) in [5.74, 6) is 1.72. The Morgan fingerprint density at radius 2 is 1.50 bits per heavy atom. The van der Waals surface area contributed by atoms with Gasteiger partial charge in [0, 0.05) is 12.2 Å². The van der Waals surface area contributed by atoms with Crippen molar-refractivity contribution in [3.63, 3.8) is 0 Å². The summed E-state index contributed by atoms with van der Waals surface area (Å²) in [5, 5.41) is 3.47. The minimum absolute atomic E-state index is 0.319. The van der Waals surface area contributed by atoms with Gasteiger partial charge in [0.05, 0.1) is 0 Å². The number of para-hydroxylation sites is 1. The van der Waals surface area contributed by atoms with E-state index in [0.717, 1.165) is 30.2 Å². The molecule has 0 saturated carbocycles. The molecule has 0 saturated heterocycles.